The SMILES string of the molecule is CCC1C(=O)NC(C2CC2)C(=O)N1CCCCOC(C)C. The average Bonchev–Trinajstić information content (AvgIpc) is 3.25. The molecule has 1 aliphatic carbocycles. The minimum absolute atomic E-state index is 0.0208. The van der Waals surface area contributed by atoms with Crippen LogP contribution in [-0.2, 0) is 14.3 Å². The van der Waals surface area contributed by atoms with E-state index in [1.807, 2.05) is 20.8 Å². The highest BCUT2D eigenvalue weighted by molar-refractivity contribution is 5.97. The van der Waals surface area contributed by atoms with Crippen LogP contribution in [0, 0.1) is 5.92 Å². The Hall–Kier alpha value is -1.10. The van der Waals surface area contributed by atoms with Gasteiger partial charge in [0, 0.05) is 13.2 Å². The Bertz CT molecular complexity index is 380. The number of rotatable bonds is 8. The lowest BCUT2D eigenvalue weighted by Crippen LogP contribution is -2.63. The molecule has 0 bridgehead atoms. The molecule has 2 rings (SSSR count). The highest BCUT2D eigenvalue weighted by atomic mass is 16.5. The predicted molar refractivity (Wildman–Crippen MR) is 80.8 cm³/mol. The summed E-state index contributed by atoms with van der Waals surface area (Å²) in [5.74, 6) is 0.507. The molecule has 0 aromatic carbocycles. The van der Waals surface area contributed by atoms with Crippen molar-refractivity contribution in [3.8, 4) is 0 Å². The largest absolute Gasteiger partial charge is 0.379 e. The molecule has 0 spiro atoms. The third kappa shape index (κ3) is 4.19. The van der Waals surface area contributed by atoms with Crippen LogP contribution in [0.5, 0.6) is 0 Å². The van der Waals surface area contributed by atoms with E-state index in [0.717, 1.165) is 32.3 Å². The zero-order valence-electron chi connectivity index (χ0n) is 13.4. The lowest BCUT2D eigenvalue weighted by atomic mass is 10.0. The highest BCUT2D eigenvalue weighted by Crippen LogP contribution is 2.35. The van der Waals surface area contributed by atoms with Crippen molar-refractivity contribution in [1.29, 1.82) is 0 Å². The van der Waals surface area contributed by atoms with E-state index >= 15 is 0 Å². The van der Waals surface area contributed by atoms with Gasteiger partial charge in [-0.3, -0.25) is 9.59 Å². The van der Waals surface area contributed by atoms with Crippen molar-refractivity contribution < 1.29 is 14.3 Å². The fourth-order valence-corrected chi connectivity index (χ4v) is 2.91. The second-order valence-corrected chi connectivity index (χ2v) is 6.41. The minimum Gasteiger partial charge on any atom is -0.379 e. The summed E-state index contributed by atoms with van der Waals surface area (Å²) in [6.07, 6.45) is 4.85. The summed E-state index contributed by atoms with van der Waals surface area (Å²) in [5.41, 5.74) is 0. The van der Waals surface area contributed by atoms with E-state index in [4.69, 9.17) is 4.74 Å². The zero-order chi connectivity index (χ0) is 15.4. The Morgan fingerprint density at radius 1 is 1.29 bits per heavy atom. The van der Waals surface area contributed by atoms with Gasteiger partial charge in [-0.05, 0) is 51.9 Å². The van der Waals surface area contributed by atoms with Gasteiger partial charge >= 0.3 is 0 Å². The molecule has 1 N–H and O–H groups in total. The Kier molecular flexibility index (Phi) is 5.62. The van der Waals surface area contributed by atoms with Crippen LogP contribution in [0.15, 0.2) is 0 Å². The lowest BCUT2D eigenvalue weighted by molar-refractivity contribution is -0.150. The van der Waals surface area contributed by atoms with E-state index in [1.54, 1.807) is 4.90 Å². The molecule has 1 saturated heterocycles. The lowest BCUT2D eigenvalue weighted by Gasteiger charge is -2.39. The van der Waals surface area contributed by atoms with E-state index in [1.165, 1.54) is 0 Å². The van der Waals surface area contributed by atoms with E-state index in [0.29, 0.717) is 18.9 Å². The number of carbonyl (C=O) groups excluding carboxylic acids is 2. The Morgan fingerprint density at radius 3 is 2.57 bits per heavy atom. The smallest absolute Gasteiger partial charge is 0.246 e. The van der Waals surface area contributed by atoms with Crippen LogP contribution >= 0.6 is 0 Å². The molecular weight excluding hydrogens is 268 g/mol. The van der Waals surface area contributed by atoms with Crippen LogP contribution in [0.4, 0.5) is 0 Å². The average molecular weight is 296 g/mol. The standard InChI is InChI=1S/C16H28N2O3/c1-4-13-15(19)17-14(12-7-8-12)16(20)18(13)9-5-6-10-21-11(2)3/h11-14H,4-10H2,1-3H3,(H,17,19). The molecular formula is C16H28N2O3. The fraction of sp³-hybridized carbons (Fsp3) is 0.875. The highest BCUT2D eigenvalue weighted by Gasteiger charge is 2.45. The van der Waals surface area contributed by atoms with Gasteiger partial charge in [-0.25, -0.2) is 0 Å². The summed E-state index contributed by atoms with van der Waals surface area (Å²) in [6, 6.07) is -0.564. The van der Waals surface area contributed by atoms with E-state index in [-0.39, 0.29) is 30.0 Å². The summed E-state index contributed by atoms with van der Waals surface area (Å²) in [6.45, 7) is 7.38. The first-order valence-corrected chi connectivity index (χ1v) is 8.27. The van der Waals surface area contributed by atoms with Crippen LogP contribution in [-0.4, -0.2) is 48.1 Å². The van der Waals surface area contributed by atoms with Crippen LogP contribution in [0.2, 0.25) is 0 Å². The summed E-state index contributed by atoms with van der Waals surface area (Å²) >= 11 is 0. The van der Waals surface area contributed by atoms with Crippen LogP contribution in [0.3, 0.4) is 0 Å². The molecule has 1 saturated carbocycles. The first kappa shape index (κ1) is 16.3. The predicted octanol–water partition coefficient (Wildman–Crippen LogP) is 1.71. The number of hydrogen-bond acceptors (Lipinski definition) is 3. The van der Waals surface area contributed by atoms with Gasteiger partial charge in [-0.15, -0.1) is 0 Å². The quantitative estimate of drug-likeness (QED) is 0.694. The van der Waals surface area contributed by atoms with Gasteiger partial charge in [0.15, 0.2) is 0 Å². The van der Waals surface area contributed by atoms with Crippen LogP contribution < -0.4 is 5.32 Å². The maximum Gasteiger partial charge on any atom is 0.246 e. The Labute approximate surface area is 127 Å². The first-order valence-electron chi connectivity index (χ1n) is 8.27. The number of amides is 2. The maximum atomic E-state index is 12.6. The van der Waals surface area contributed by atoms with Gasteiger partial charge in [-0.1, -0.05) is 6.92 Å². The van der Waals surface area contributed by atoms with Crippen molar-refractivity contribution in [1.82, 2.24) is 10.2 Å². The molecule has 0 radical (unpaired) electrons. The van der Waals surface area contributed by atoms with E-state index in [2.05, 4.69) is 5.32 Å². The van der Waals surface area contributed by atoms with Gasteiger partial charge in [-0.2, -0.15) is 0 Å². The van der Waals surface area contributed by atoms with Crippen LogP contribution in [0.25, 0.3) is 0 Å². The summed E-state index contributed by atoms with van der Waals surface area (Å²) in [5, 5.41) is 2.92. The molecule has 2 unspecified atom stereocenters. The molecule has 21 heavy (non-hydrogen) atoms. The normalized spacial score (nSPS) is 26.4. The summed E-state index contributed by atoms with van der Waals surface area (Å²) in [4.78, 5) is 26.5. The van der Waals surface area contributed by atoms with Gasteiger partial charge < -0.3 is 15.0 Å². The zero-order valence-corrected chi connectivity index (χ0v) is 13.4. The number of carbonyl (C=O) groups is 2. The van der Waals surface area contributed by atoms with Gasteiger partial charge in [0.2, 0.25) is 11.8 Å². The molecule has 0 aromatic rings. The number of unbranched alkanes of at least 4 members (excludes halogenated alkanes) is 1. The Balaban J connectivity index is 1.86. The molecule has 0 aromatic heterocycles. The van der Waals surface area contributed by atoms with Gasteiger partial charge in [0.1, 0.15) is 12.1 Å². The molecule has 5 heteroatoms. The molecule has 2 amide bonds. The van der Waals surface area contributed by atoms with Crippen molar-refractivity contribution in [3.63, 3.8) is 0 Å². The van der Waals surface area contributed by atoms with E-state index < -0.39 is 0 Å². The summed E-state index contributed by atoms with van der Waals surface area (Å²) < 4.78 is 5.52. The first-order chi connectivity index (χ1) is 10.0. The van der Waals surface area contributed by atoms with Crippen LogP contribution in [0.1, 0.15) is 52.9 Å². The molecule has 5 nitrogen and oxygen atoms in total. The van der Waals surface area contributed by atoms with Gasteiger partial charge in [0.05, 0.1) is 6.10 Å². The van der Waals surface area contributed by atoms with Gasteiger partial charge in [0.25, 0.3) is 0 Å². The maximum absolute atomic E-state index is 12.6. The van der Waals surface area contributed by atoms with Crippen molar-refractivity contribution in [2.24, 2.45) is 5.92 Å². The summed E-state index contributed by atoms with van der Waals surface area (Å²) in [7, 11) is 0. The van der Waals surface area contributed by atoms with E-state index in [9.17, 15) is 9.59 Å². The molecule has 2 atom stereocenters. The van der Waals surface area contributed by atoms with Crippen molar-refractivity contribution in [3.05, 3.63) is 0 Å². The fourth-order valence-electron chi connectivity index (χ4n) is 2.91. The molecule has 2 aliphatic rings. The Morgan fingerprint density at radius 2 is 2.00 bits per heavy atom. The molecule has 1 aliphatic heterocycles. The second-order valence-electron chi connectivity index (χ2n) is 6.41. The van der Waals surface area contributed by atoms with Crippen molar-refractivity contribution in [2.45, 2.75) is 71.1 Å². The number of hydrogen-bond donors (Lipinski definition) is 1. The third-order valence-corrected chi connectivity index (χ3v) is 4.25. The molecule has 2 fully saturated rings. The number of ether oxygens (including phenoxy) is 1. The molecule has 120 valence electrons. The number of nitrogens with zero attached hydrogens (tertiary/aromatic N) is 1. The second kappa shape index (κ2) is 7.25. The van der Waals surface area contributed by atoms with Crippen molar-refractivity contribution >= 4 is 11.8 Å². The third-order valence-electron chi connectivity index (χ3n) is 4.25. The van der Waals surface area contributed by atoms with Crippen molar-refractivity contribution in [2.75, 3.05) is 13.2 Å². The monoisotopic (exact) mass is 296 g/mol. The molecule has 1 heterocycles. The minimum atomic E-state index is -0.293. The topological polar surface area (TPSA) is 58.6 Å². The number of piperazine rings is 1. The number of nitrogens with one attached hydrogen (secondary N) is 1.